The second-order valence-corrected chi connectivity index (χ2v) is 6.76. The minimum atomic E-state index is -0.132. The molecular formula is C18H28N4O2. The highest BCUT2D eigenvalue weighted by Gasteiger charge is 2.20. The van der Waals surface area contributed by atoms with Crippen LogP contribution < -0.4 is 5.32 Å². The largest absolute Gasteiger partial charge is 0.396 e. The molecule has 6 nitrogen and oxygen atoms in total. The van der Waals surface area contributed by atoms with Gasteiger partial charge in [0.25, 0.3) is 5.91 Å². The molecule has 6 heteroatoms. The second kappa shape index (κ2) is 7.75. The summed E-state index contributed by atoms with van der Waals surface area (Å²) in [4.78, 5) is 17.5. The number of carbonyl (C=O) groups excluding carboxylic acids is 1. The molecule has 2 aromatic rings. The molecule has 1 unspecified atom stereocenters. The molecular weight excluding hydrogens is 304 g/mol. The SMILES string of the molecule is CCC(CCO)NC(=O)c1cc(C(C)C)nc2c1cnn2C(C)C. The number of aromatic nitrogens is 3. The number of carbonyl (C=O) groups is 1. The first-order valence-electron chi connectivity index (χ1n) is 8.68. The molecule has 0 spiro atoms. The molecule has 0 aromatic carbocycles. The molecule has 2 heterocycles. The van der Waals surface area contributed by atoms with Crippen molar-refractivity contribution in [1.29, 1.82) is 0 Å². The van der Waals surface area contributed by atoms with E-state index in [0.29, 0.717) is 12.0 Å². The zero-order valence-electron chi connectivity index (χ0n) is 15.2. The van der Waals surface area contributed by atoms with Crippen LogP contribution in [0.25, 0.3) is 11.0 Å². The van der Waals surface area contributed by atoms with Gasteiger partial charge in [-0.3, -0.25) is 4.79 Å². The van der Waals surface area contributed by atoms with E-state index in [4.69, 9.17) is 10.1 Å². The van der Waals surface area contributed by atoms with Crippen molar-refractivity contribution >= 4 is 16.9 Å². The molecule has 0 saturated carbocycles. The zero-order valence-corrected chi connectivity index (χ0v) is 15.2. The van der Waals surface area contributed by atoms with E-state index in [9.17, 15) is 4.79 Å². The Kier molecular flexibility index (Phi) is 5.94. The molecule has 1 atom stereocenters. The van der Waals surface area contributed by atoms with Crippen molar-refractivity contribution in [1.82, 2.24) is 20.1 Å². The first-order chi connectivity index (χ1) is 11.4. The van der Waals surface area contributed by atoms with Gasteiger partial charge in [0.05, 0.1) is 17.1 Å². The first kappa shape index (κ1) is 18.4. The van der Waals surface area contributed by atoms with Crippen LogP contribution in [0.5, 0.6) is 0 Å². The zero-order chi connectivity index (χ0) is 17.9. The van der Waals surface area contributed by atoms with Crippen LogP contribution in [0.2, 0.25) is 0 Å². The lowest BCUT2D eigenvalue weighted by molar-refractivity contribution is 0.0930. The summed E-state index contributed by atoms with van der Waals surface area (Å²) in [6, 6.07) is 2.00. The Hall–Kier alpha value is -1.95. The Bertz CT molecular complexity index is 706. The van der Waals surface area contributed by atoms with Gasteiger partial charge in [0.2, 0.25) is 0 Å². The van der Waals surface area contributed by atoms with Crippen molar-refractivity contribution in [3.63, 3.8) is 0 Å². The fourth-order valence-electron chi connectivity index (χ4n) is 2.70. The number of rotatable bonds is 7. The number of hydrogen-bond acceptors (Lipinski definition) is 4. The van der Waals surface area contributed by atoms with Gasteiger partial charge in [0.1, 0.15) is 0 Å². The maximum Gasteiger partial charge on any atom is 0.252 e. The van der Waals surface area contributed by atoms with Gasteiger partial charge in [0, 0.05) is 24.4 Å². The predicted molar refractivity (Wildman–Crippen MR) is 95.3 cm³/mol. The van der Waals surface area contributed by atoms with Crippen molar-refractivity contribution in [2.45, 2.75) is 65.5 Å². The number of hydrogen-bond donors (Lipinski definition) is 2. The van der Waals surface area contributed by atoms with E-state index >= 15 is 0 Å². The summed E-state index contributed by atoms with van der Waals surface area (Å²) in [5, 5.41) is 17.3. The van der Waals surface area contributed by atoms with E-state index in [1.807, 2.05) is 31.5 Å². The molecule has 132 valence electrons. The number of aliphatic hydroxyl groups excluding tert-OH is 1. The number of nitrogens with one attached hydrogen (secondary N) is 1. The van der Waals surface area contributed by atoms with E-state index in [1.165, 1.54) is 0 Å². The van der Waals surface area contributed by atoms with Crippen molar-refractivity contribution in [2.24, 2.45) is 0 Å². The highest BCUT2D eigenvalue weighted by atomic mass is 16.3. The van der Waals surface area contributed by atoms with Gasteiger partial charge >= 0.3 is 0 Å². The van der Waals surface area contributed by atoms with Crippen LogP contribution in [0.1, 0.15) is 75.5 Å². The Morgan fingerprint density at radius 2 is 2.04 bits per heavy atom. The molecule has 0 bridgehead atoms. The van der Waals surface area contributed by atoms with E-state index in [0.717, 1.165) is 23.1 Å². The third-order valence-corrected chi connectivity index (χ3v) is 4.22. The predicted octanol–water partition coefficient (Wildman–Crippen LogP) is 3.03. The number of pyridine rings is 1. The molecule has 0 aliphatic carbocycles. The lowest BCUT2D eigenvalue weighted by Crippen LogP contribution is -2.35. The van der Waals surface area contributed by atoms with E-state index in [1.54, 1.807) is 6.20 Å². The van der Waals surface area contributed by atoms with Gasteiger partial charge in [-0.05, 0) is 38.7 Å². The van der Waals surface area contributed by atoms with E-state index in [2.05, 4.69) is 24.3 Å². The quantitative estimate of drug-likeness (QED) is 0.817. The second-order valence-electron chi connectivity index (χ2n) is 6.76. The molecule has 2 N–H and O–H groups in total. The maximum absolute atomic E-state index is 12.8. The van der Waals surface area contributed by atoms with E-state index in [-0.39, 0.29) is 30.5 Å². The summed E-state index contributed by atoms with van der Waals surface area (Å²) < 4.78 is 1.85. The Morgan fingerprint density at radius 1 is 1.33 bits per heavy atom. The lowest BCUT2D eigenvalue weighted by Gasteiger charge is -2.17. The van der Waals surface area contributed by atoms with Crippen LogP contribution in [0.3, 0.4) is 0 Å². The van der Waals surface area contributed by atoms with Crippen molar-refractivity contribution in [2.75, 3.05) is 6.61 Å². The van der Waals surface area contributed by atoms with Crippen LogP contribution in [-0.2, 0) is 0 Å². The molecule has 0 saturated heterocycles. The number of aliphatic hydroxyl groups is 1. The Labute approximate surface area is 143 Å². The summed E-state index contributed by atoms with van der Waals surface area (Å²) >= 11 is 0. The number of fused-ring (bicyclic) bond motifs is 1. The molecule has 24 heavy (non-hydrogen) atoms. The molecule has 2 rings (SSSR count). The average Bonchev–Trinajstić information content (AvgIpc) is 2.97. The van der Waals surface area contributed by atoms with Crippen molar-refractivity contribution in [3.05, 3.63) is 23.5 Å². The maximum atomic E-state index is 12.8. The number of nitrogens with zero attached hydrogens (tertiary/aromatic N) is 3. The standard InChI is InChI=1S/C18H28N4O2/c1-6-13(7-8-23)20-18(24)14-9-16(11(2)3)21-17-15(14)10-19-22(17)12(4)5/h9-13,23H,6-8H2,1-5H3,(H,20,24). The minimum Gasteiger partial charge on any atom is -0.396 e. The third-order valence-electron chi connectivity index (χ3n) is 4.22. The monoisotopic (exact) mass is 332 g/mol. The van der Waals surface area contributed by atoms with Gasteiger partial charge < -0.3 is 10.4 Å². The molecule has 1 amide bonds. The van der Waals surface area contributed by atoms with Gasteiger partial charge in [-0.25, -0.2) is 9.67 Å². The molecule has 0 aliphatic heterocycles. The smallest absolute Gasteiger partial charge is 0.252 e. The van der Waals surface area contributed by atoms with Crippen LogP contribution in [0.4, 0.5) is 0 Å². The fourth-order valence-corrected chi connectivity index (χ4v) is 2.70. The van der Waals surface area contributed by atoms with Crippen molar-refractivity contribution in [3.8, 4) is 0 Å². The molecule has 0 fully saturated rings. The molecule has 0 radical (unpaired) electrons. The van der Waals surface area contributed by atoms with Crippen LogP contribution >= 0.6 is 0 Å². The van der Waals surface area contributed by atoms with Gasteiger partial charge in [-0.1, -0.05) is 20.8 Å². The van der Waals surface area contributed by atoms with Gasteiger partial charge in [-0.2, -0.15) is 5.10 Å². The average molecular weight is 332 g/mol. The Morgan fingerprint density at radius 3 is 2.58 bits per heavy atom. The summed E-state index contributed by atoms with van der Waals surface area (Å²) in [5.41, 5.74) is 2.23. The number of amides is 1. The van der Waals surface area contributed by atoms with Crippen LogP contribution in [0, 0.1) is 0 Å². The molecule has 2 aromatic heterocycles. The minimum absolute atomic E-state index is 0.0339. The topological polar surface area (TPSA) is 80.0 Å². The van der Waals surface area contributed by atoms with Crippen LogP contribution in [-0.4, -0.2) is 38.4 Å². The highest BCUT2D eigenvalue weighted by molar-refractivity contribution is 6.05. The van der Waals surface area contributed by atoms with Crippen LogP contribution in [0.15, 0.2) is 12.3 Å². The lowest BCUT2D eigenvalue weighted by atomic mass is 10.0. The Balaban J connectivity index is 2.49. The normalized spacial score (nSPS) is 13.0. The summed E-state index contributed by atoms with van der Waals surface area (Å²) in [6.07, 6.45) is 3.05. The first-order valence-corrected chi connectivity index (χ1v) is 8.68. The van der Waals surface area contributed by atoms with Gasteiger partial charge in [-0.15, -0.1) is 0 Å². The third kappa shape index (κ3) is 3.75. The summed E-state index contributed by atoms with van der Waals surface area (Å²) in [6.45, 7) is 10.3. The molecule has 0 aliphatic rings. The van der Waals surface area contributed by atoms with E-state index < -0.39 is 0 Å². The van der Waals surface area contributed by atoms with Crippen molar-refractivity contribution < 1.29 is 9.90 Å². The van der Waals surface area contributed by atoms with Gasteiger partial charge in [0.15, 0.2) is 5.65 Å². The highest BCUT2D eigenvalue weighted by Crippen LogP contribution is 2.24. The summed E-state index contributed by atoms with van der Waals surface area (Å²) in [7, 11) is 0. The fraction of sp³-hybridized carbons (Fsp3) is 0.611. The summed E-state index contributed by atoms with van der Waals surface area (Å²) in [5.74, 6) is 0.0868.